The maximum atomic E-state index is 13.4. The number of amides is 1. The molecule has 0 aromatic heterocycles. The third kappa shape index (κ3) is 5.52. The summed E-state index contributed by atoms with van der Waals surface area (Å²) in [5.41, 5.74) is 0.749. The van der Waals surface area contributed by atoms with Gasteiger partial charge in [-0.3, -0.25) is 9.10 Å². The molecule has 0 bridgehead atoms. The van der Waals surface area contributed by atoms with Crippen molar-refractivity contribution in [2.24, 2.45) is 0 Å². The molecule has 0 aliphatic heterocycles. The molecule has 3 aromatic carbocycles. The SMILES string of the molecule is COc1ccc(Cl)cc1N(CC(=O)Nc1cccc(SC)c1)S(=O)(=O)c1ccccc1. The van der Waals surface area contributed by atoms with Crippen molar-refractivity contribution in [3.05, 3.63) is 77.8 Å². The molecule has 0 atom stereocenters. The number of methoxy groups -OCH3 is 1. The van der Waals surface area contributed by atoms with Gasteiger partial charge in [0.15, 0.2) is 0 Å². The van der Waals surface area contributed by atoms with E-state index in [-0.39, 0.29) is 16.3 Å². The van der Waals surface area contributed by atoms with Crippen molar-refractivity contribution in [3.8, 4) is 5.75 Å². The van der Waals surface area contributed by atoms with Crippen molar-refractivity contribution in [2.45, 2.75) is 9.79 Å². The number of benzene rings is 3. The lowest BCUT2D eigenvalue weighted by Crippen LogP contribution is -2.38. The van der Waals surface area contributed by atoms with E-state index in [0.29, 0.717) is 10.7 Å². The highest BCUT2D eigenvalue weighted by molar-refractivity contribution is 7.98. The van der Waals surface area contributed by atoms with E-state index in [1.807, 2.05) is 24.5 Å². The Kier molecular flexibility index (Phi) is 7.48. The zero-order valence-corrected chi connectivity index (χ0v) is 19.3. The Balaban J connectivity index is 2.00. The second-order valence-corrected chi connectivity index (χ2v) is 9.60. The van der Waals surface area contributed by atoms with Crippen LogP contribution in [0.1, 0.15) is 0 Å². The Hall–Kier alpha value is -2.68. The summed E-state index contributed by atoms with van der Waals surface area (Å²) in [6.07, 6.45) is 1.93. The van der Waals surface area contributed by atoms with E-state index in [9.17, 15) is 13.2 Å². The summed E-state index contributed by atoms with van der Waals surface area (Å²) in [5, 5.41) is 3.08. The van der Waals surface area contributed by atoms with Gasteiger partial charge in [0.1, 0.15) is 12.3 Å². The number of hydrogen-bond acceptors (Lipinski definition) is 5. The minimum atomic E-state index is -4.07. The summed E-state index contributed by atoms with van der Waals surface area (Å²) in [4.78, 5) is 13.9. The number of carbonyl (C=O) groups excluding carboxylic acids is 1. The fourth-order valence-electron chi connectivity index (χ4n) is 2.91. The average Bonchev–Trinajstić information content (AvgIpc) is 2.78. The molecular formula is C22H21ClN2O4S2. The maximum Gasteiger partial charge on any atom is 0.264 e. The fraction of sp³-hybridized carbons (Fsp3) is 0.136. The molecule has 0 spiro atoms. The minimum Gasteiger partial charge on any atom is -0.495 e. The molecule has 31 heavy (non-hydrogen) atoms. The van der Waals surface area contributed by atoms with Gasteiger partial charge in [-0.1, -0.05) is 35.9 Å². The summed E-state index contributed by atoms with van der Waals surface area (Å²) < 4.78 is 33.2. The smallest absolute Gasteiger partial charge is 0.264 e. The number of carbonyl (C=O) groups is 1. The monoisotopic (exact) mass is 476 g/mol. The van der Waals surface area contributed by atoms with Gasteiger partial charge in [0.2, 0.25) is 5.91 Å². The first-order valence-corrected chi connectivity index (χ1v) is 12.2. The van der Waals surface area contributed by atoms with E-state index >= 15 is 0 Å². The van der Waals surface area contributed by atoms with E-state index in [1.54, 1.807) is 48.2 Å². The summed E-state index contributed by atoms with van der Waals surface area (Å²) in [7, 11) is -2.65. The molecule has 9 heteroatoms. The lowest BCUT2D eigenvalue weighted by Gasteiger charge is -2.26. The van der Waals surface area contributed by atoms with Gasteiger partial charge < -0.3 is 10.1 Å². The van der Waals surface area contributed by atoms with Crippen LogP contribution in [0.3, 0.4) is 0 Å². The van der Waals surface area contributed by atoms with Crippen molar-refractivity contribution in [1.82, 2.24) is 0 Å². The number of rotatable bonds is 8. The van der Waals surface area contributed by atoms with Crippen LogP contribution in [0, 0.1) is 0 Å². The molecule has 0 radical (unpaired) electrons. The number of anilines is 2. The molecule has 0 saturated carbocycles. The van der Waals surface area contributed by atoms with E-state index in [2.05, 4.69) is 5.32 Å². The largest absolute Gasteiger partial charge is 0.495 e. The first-order valence-electron chi connectivity index (χ1n) is 9.20. The van der Waals surface area contributed by atoms with Crippen LogP contribution in [0.5, 0.6) is 5.75 Å². The Morgan fingerprint density at radius 2 is 1.81 bits per heavy atom. The Morgan fingerprint density at radius 3 is 2.48 bits per heavy atom. The summed E-state index contributed by atoms with van der Waals surface area (Å²) >= 11 is 7.67. The van der Waals surface area contributed by atoms with Crippen molar-refractivity contribution < 1.29 is 17.9 Å². The second-order valence-electron chi connectivity index (χ2n) is 6.42. The molecule has 1 N–H and O–H groups in total. The number of hydrogen-bond donors (Lipinski definition) is 1. The molecule has 3 aromatic rings. The zero-order chi connectivity index (χ0) is 22.4. The number of nitrogens with zero attached hydrogens (tertiary/aromatic N) is 1. The van der Waals surface area contributed by atoms with E-state index < -0.39 is 22.5 Å². The van der Waals surface area contributed by atoms with Crippen LogP contribution in [0.4, 0.5) is 11.4 Å². The highest BCUT2D eigenvalue weighted by Gasteiger charge is 2.29. The lowest BCUT2D eigenvalue weighted by molar-refractivity contribution is -0.114. The fourth-order valence-corrected chi connectivity index (χ4v) is 4.98. The van der Waals surface area contributed by atoms with Crippen LogP contribution in [0.2, 0.25) is 5.02 Å². The van der Waals surface area contributed by atoms with Crippen molar-refractivity contribution in [3.63, 3.8) is 0 Å². The standard InChI is InChI=1S/C22H21ClN2O4S2/c1-29-21-12-11-16(23)13-20(21)25(31(27,28)19-9-4-3-5-10-19)15-22(26)24-17-7-6-8-18(14-17)30-2/h3-14H,15H2,1-2H3,(H,24,26). The average molecular weight is 477 g/mol. The number of ether oxygens (including phenoxy) is 1. The molecule has 162 valence electrons. The molecule has 3 rings (SSSR count). The summed E-state index contributed by atoms with van der Waals surface area (Å²) in [6.45, 7) is -0.461. The Labute approximate surface area is 191 Å². The Morgan fingerprint density at radius 1 is 1.06 bits per heavy atom. The van der Waals surface area contributed by atoms with Crippen molar-refractivity contribution in [2.75, 3.05) is 29.5 Å². The highest BCUT2D eigenvalue weighted by Crippen LogP contribution is 2.34. The molecule has 0 aliphatic rings. The van der Waals surface area contributed by atoms with Crippen LogP contribution in [0.25, 0.3) is 0 Å². The van der Waals surface area contributed by atoms with Gasteiger partial charge in [0.25, 0.3) is 10.0 Å². The summed E-state index contributed by atoms with van der Waals surface area (Å²) in [5.74, 6) is -0.221. The third-order valence-corrected chi connectivity index (χ3v) is 7.12. The van der Waals surface area contributed by atoms with Gasteiger partial charge in [-0.05, 0) is 54.8 Å². The quantitative estimate of drug-likeness (QED) is 0.468. The van der Waals surface area contributed by atoms with E-state index in [4.69, 9.17) is 16.3 Å². The van der Waals surface area contributed by atoms with Crippen LogP contribution >= 0.6 is 23.4 Å². The molecule has 6 nitrogen and oxygen atoms in total. The van der Waals surface area contributed by atoms with Gasteiger partial charge in [-0.25, -0.2) is 8.42 Å². The number of nitrogens with one attached hydrogen (secondary N) is 1. The number of halogens is 1. The Bertz CT molecular complexity index is 1170. The normalized spacial score (nSPS) is 11.1. The predicted molar refractivity (Wildman–Crippen MR) is 126 cm³/mol. The molecule has 1 amide bonds. The molecule has 0 saturated heterocycles. The molecule has 0 aliphatic carbocycles. The van der Waals surface area contributed by atoms with Crippen molar-refractivity contribution >= 4 is 50.7 Å². The predicted octanol–water partition coefficient (Wildman–Crippen LogP) is 4.90. The van der Waals surface area contributed by atoms with Gasteiger partial charge in [-0.15, -0.1) is 11.8 Å². The van der Waals surface area contributed by atoms with Gasteiger partial charge in [0.05, 0.1) is 17.7 Å². The van der Waals surface area contributed by atoms with Crippen LogP contribution in [-0.4, -0.2) is 34.2 Å². The van der Waals surface area contributed by atoms with Crippen molar-refractivity contribution in [1.29, 1.82) is 0 Å². The van der Waals surface area contributed by atoms with E-state index in [0.717, 1.165) is 9.20 Å². The van der Waals surface area contributed by atoms with Gasteiger partial charge in [0, 0.05) is 15.6 Å². The summed E-state index contributed by atoms with van der Waals surface area (Å²) in [6, 6.07) is 19.8. The zero-order valence-electron chi connectivity index (χ0n) is 16.9. The molecular weight excluding hydrogens is 456 g/mol. The highest BCUT2D eigenvalue weighted by atomic mass is 35.5. The third-order valence-electron chi connectivity index (χ3n) is 4.38. The first-order chi connectivity index (χ1) is 14.8. The van der Waals surface area contributed by atoms with Gasteiger partial charge >= 0.3 is 0 Å². The maximum absolute atomic E-state index is 13.4. The first kappa shape index (κ1) is 23.0. The minimum absolute atomic E-state index is 0.0502. The van der Waals surface area contributed by atoms with E-state index in [1.165, 1.54) is 25.3 Å². The second kappa shape index (κ2) is 10.1. The van der Waals surface area contributed by atoms with Gasteiger partial charge in [-0.2, -0.15) is 0 Å². The number of sulfonamides is 1. The van der Waals surface area contributed by atoms with Crippen LogP contribution in [-0.2, 0) is 14.8 Å². The topological polar surface area (TPSA) is 75.7 Å². The molecule has 0 unspecified atom stereocenters. The van der Waals surface area contributed by atoms with Crippen LogP contribution in [0.15, 0.2) is 82.6 Å². The molecule has 0 heterocycles. The molecule has 0 fully saturated rings. The van der Waals surface area contributed by atoms with Crippen LogP contribution < -0.4 is 14.4 Å². The number of thioether (sulfide) groups is 1. The lowest BCUT2D eigenvalue weighted by atomic mass is 10.3.